The molecule has 2 aliphatic rings. The van der Waals surface area contributed by atoms with Crippen LogP contribution in [-0.4, -0.2) is 48.6 Å². The van der Waals surface area contributed by atoms with Gasteiger partial charge in [-0.15, -0.1) is 0 Å². The number of likely N-dealkylation sites (tertiary alicyclic amines) is 1. The minimum absolute atomic E-state index is 0.0252. The van der Waals surface area contributed by atoms with Crippen LogP contribution in [0.1, 0.15) is 61.5 Å². The number of hydrogen-bond donors (Lipinski definition) is 1. The van der Waals surface area contributed by atoms with E-state index >= 15 is 0 Å². The Morgan fingerprint density at radius 2 is 1.78 bits per heavy atom. The van der Waals surface area contributed by atoms with Crippen molar-refractivity contribution in [2.45, 2.75) is 63.6 Å². The monoisotopic (exact) mass is 653 g/mol. The number of halogens is 2. The molecule has 2 aliphatic heterocycles. The molecule has 9 nitrogen and oxygen atoms in total. The lowest BCUT2D eigenvalue weighted by Gasteiger charge is -2.26. The lowest BCUT2D eigenvalue weighted by molar-refractivity contribution is 0.0546. The maximum Gasteiger partial charge on any atom is 0.419 e. The number of fused-ring (bicyclic) bond motifs is 2. The van der Waals surface area contributed by atoms with Gasteiger partial charge >= 0.3 is 16.2 Å². The van der Waals surface area contributed by atoms with Crippen LogP contribution in [0.4, 0.5) is 9.18 Å². The Kier molecular flexibility index (Phi) is 8.13. The van der Waals surface area contributed by atoms with Gasteiger partial charge < -0.3 is 14.2 Å². The van der Waals surface area contributed by atoms with Crippen LogP contribution in [-0.2, 0) is 27.9 Å². The smallest absolute Gasteiger partial charge is 0.419 e. The van der Waals surface area contributed by atoms with Crippen molar-refractivity contribution in [3.63, 3.8) is 0 Å². The van der Waals surface area contributed by atoms with Gasteiger partial charge in [-0.25, -0.2) is 13.8 Å². The van der Waals surface area contributed by atoms with Crippen molar-refractivity contribution in [3.05, 3.63) is 82.1 Å². The molecule has 0 aliphatic carbocycles. The molecule has 1 aromatic heterocycles. The molecule has 1 fully saturated rings. The number of hydrogen-bond acceptors (Lipinski definition) is 7. The number of rotatable bonds is 6. The molecule has 0 bridgehead atoms. The number of nitrogens with zero attached hydrogens (tertiary/aromatic N) is 2. The summed E-state index contributed by atoms with van der Waals surface area (Å²) in [6.45, 7) is 8.16. The summed E-state index contributed by atoms with van der Waals surface area (Å²) in [5.41, 5.74) is 2.13. The van der Waals surface area contributed by atoms with Crippen LogP contribution in [0.2, 0.25) is 5.02 Å². The number of aromatic nitrogens is 1. The van der Waals surface area contributed by atoms with Crippen LogP contribution in [0, 0.1) is 5.82 Å². The highest BCUT2D eigenvalue weighted by Crippen LogP contribution is 2.39. The zero-order valence-corrected chi connectivity index (χ0v) is 26.7. The number of carbonyl (C=O) groups excluding carboxylic acids is 2. The molecule has 6 rings (SSSR count). The number of benzene rings is 3. The van der Waals surface area contributed by atoms with E-state index in [0.717, 1.165) is 42.7 Å². The van der Waals surface area contributed by atoms with Crippen LogP contribution in [0.15, 0.2) is 59.5 Å². The lowest BCUT2D eigenvalue weighted by Crippen LogP contribution is -2.29. The van der Waals surface area contributed by atoms with E-state index in [1.165, 1.54) is 42.0 Å². The van der Waals surface area contributed by atoms with E-state index in [0.29, 0.717) is 16.8 Å². The molecule has 0 spiro atoms. The Labute approximate surface area is 266 Å². The first kappa shape index (κ1) is 31.1. The zero-order valence-electron chi connectivity index (χ0n) is 25.2. The number of amides is 1. The van der Waals surface area contributed by atoms with Crippen LogP contribution < -0.4 is 9.50 Å². The third-order valence-electron chi connectivity index (χ3n) is 7.86. The topological polar surface area (TPSA) is 107 Å². The van der Waals surface area contributed by atoms with Crippen molar-refractivity contribution in [1.82, 2.24) is 14.8 Å². The maximum atomic E-state index is 14.5. The maximum absolute atomic E-state index is 14.5. The molecule has 12 heteroatoms. The van der Waals surface area contributed by atoms with Gasteiger partial charge in [-0.3, -0.25) is 9.69 Å². The van der Waals surface area contributed by atoms with E-state index in [-0.39, 0.29) is 28.4 Å². The van der Waals surface area contributed by atoms with Crippen molar-refractivity contribution >= 4 is 44.6 Å². The fraction of sp³-hybridized carbons (Fsp3) is 0.333. The molecular formula is C33H33ClFN3O6S. The van der Waals surface area contributed by atoms with Crippen molar-refractivity contribution in [3.8, 4) is 17.0 Å². The highest BCUT2D eigenvalue weighted by molar-refractivity contribution is 7.87. The molecule has 0 radical (unpaired) electrons. The van der Waals surface area contributed by atoms with E-state index < -0.39 is 38.4 Å². The lowest BCUT2D eigenvalue weighted by atomic mass is 9.99. The molecule has 3 aromatic carbocycles. The van der Waals surface area contributed by atoms with Gasteiger partial charge in [0.2, 0.25) is 0 Å². The van der Waals surface area contributed by atoms with Crippen molar-refractivity contribution in [2.24, 2.45) is 0 Å². The summed E-state index contributed by atoms with van der Waals surface area (Å²) >= 11 is 5.79. The number of nitrogens with one attached hydrogen (secondary N) is 1. The van der Waals surface area contributed by atoms with Crippen LogP contribution >= 0.6 is 11.6 Å². The molecule has 1 amide bonds. The van der Waals surface area contributed by atoms with Gasteiger partial charge in [-0.2, -0.15) is 8.42 Å². The third kappa shape index (κ3) is 6.29. The standard InChI is InChI=1S/C33H33ClFN3O6S/c1-33(2,3)43-32(40)38-26-10-7-20(19-37-13-5-4-6-14-37)15-21(26)16-27(38)23-9-11-28(24-18-36-31(39)30(23)24)44-45(41,42)29-12-8-22(34)17-25(29)35/h7-12,15-17H,4-6,13-14,18-19H2,1-3H3,(H,36,39). The fourth-order valence-corrected chi connectivity index (χ4v) is 7.07. The van der Waals surface area contributed by atoms with Gasteiger partial charge in [0, 0.05) is 34.6 Å². The second kappa shape index (κ2) is 11.8. The molecule has 0 unspecified atom stereocenters. The van der Waals surface area contributed by atoms with E-state index in [9.17, 15) is 22.4 Å². The first-order chi connectivity index (χ1) is 21.3. The number of ether oxygens (including phenoxy) is 1. The molecule has 4 aromatic rings. The molecular weight excluding hydrogens is 621 g/mol. The Bertz CT molecular complexity index is 1940. The molecule has 1 saturated heterocycles. The quantitative estimate of drug-likeness (QED) is 0.226. The minimum Gasteiger partial charge on any atom is -0.443 e. The first-order valence-corrected chi connectivity index (χ1v) is 16.5. The third-order valence-corrected chi connectivity index (χ3v) is 9.36. The van der Waals surface area contributed by atoms with E-state index in [1.54, 1.807) is 20.8 Å². The van der Waals surface area contributed by atoms with E-state index in [1.807, 2.05) is 24.3 Å². The van der Waals surface area contributed by atoms with Gasteiger partial charge in [0.15, 0.2) is 0 Å². The van der Waals surface area contributed by atoms with Gasteiger partial charge in [0.05, 0.1) is 16.8 Å². The van der Waals surface area contributed by atoms with Crippen LogP contribution in [0.25, 0.3) is 22.2 Å². The second-order valence-electron chi connectivity index (χ2n) is 12.3. The largest absolute Gasteiger partial charge is 0.443 e. The number of carbonyl (C=O) groups is 2. The Morgan fingerprint density at radius 3 is 2.49 bits per heavy atom. The predicted molar refractivity (Wildman–Crippen MR) is 169 cm³/mol. The Balaban J connectivity index is 1.45. The van der Waals surface area contributed by atoms with Gasteiger partial charge in [-0.05, 0) is 101 Å². The average molecular weight is 654 g/mol. The van der Waals surface area contributed by atoms with Crippen LogP contribution in [0.3, 0.4) is 0 Å². The second-order valence-corrected chi connectivity index (χ2v) is 14.3. The predicted octanol–water partition coefficient (Wildman–Crippen LogP) is 6.88. The molecule has 1 N–H and O–H groups in total. The highest BCUT2D eigenvalue weighted by atomic mass is 35.5. The van der Waals surface area contributed by atoms with E-state index in [2.05, 4.69) is 10.2 Å². The summed E-state index contributed by atoms with van der Waals surface area (Å²) < 4.78 is 53.2. The molecule has 3 heterocycles. The molecule has 236 valence electrons. The van der Waals surface area contributed by atoms with Crippen molar-refractivity contribution in [2.75, 3.05) is 13.1 Å². The van der Waals surface area contributed by atoms with Crippen molar-refractivity contribution in [1.29, 1.82) is 0 Å². The Hall–Kier alpha value is -3.93. The molecule has 0 saturated carbocycles. The minimum atomic E-state index is -4.61. The van der Waals surface area contributed by atoms with E-state index in [4.69, 9.17) is 20.5 Å². The first-order valence-electron chi connectivity index (χ1n) is 14.7. The average Bonchev–Trinajstić information content (AvgIpc) is 3.53. The van der Waals surface area contributed by atoms with Crippen molar-refractivity contribution < 1.29 is 31.3 Å². The Morgan fingerprint density at radius 1 is 1.02 bits per heavy atom. The normalized spacial score (nSPS) is 15.6. The van der Waals surface area contributed by atoms with Gasteiger partial charge in [0.1, 0.15) is 22.1 Å². The van der Waals surface area contributed by atoms with Gasteiger partial charge in [-0.1, -0.05) is 24.1 Å². The summed E-state index contributed by atoms with van der Waals surface area (Å²) in [6.07, 6.45) is 2.96. The van der Waals surface area contributed by atoms with Gasteiger partial charge in [0.25, 0.3) is 5.91 Å². The molecule has 45 heavy (non-hydrogen) atoms. The van der Waals surface area contributed by atoms with Crippen LogP contribution in [0.5, 0.6) is 5.75 Å². The highest BCUT2D eigenvalue weighted by Gasteiger charge is 2.33. The SMILES string of the molecule is CC(C)(C)OC(=O)n1c(-c2ccc(OS(=O)(=O)c3ccc(Cl)cc3F)c3c2C(=O)NC3)cc2cc(CN3CCCCC3)ccc21. The summed E-state index contributed by atoms with van der Waals surface area (Å²) in [4.78, 5) is 28.6. The number of piperidine rings is 1. The fourth-order valence-electron chi connectivity index (χ4n) is 5.89. The summed E-state index contributed by atoms with van der Waals surface area (Å²) in [5.74, 6) is -1.66. The summed E-state index contributed by atoms with van der Waals surface area (Å²) in [6, 6.07) is 13.8. The molecule has 0 atom stereocenters. The zero-order chi connectivity index (χ0) is 32.1. The summed E-state index contributed by atoms with van der Waals surface area (Å²) in [5, 5.41) is 3.54. The summed E-state index contributed by atoms with van der Waals surface area (Å²) in [7, 11) is -4.61.